The van der Waals surface area contributed by atoms with Crippen LogP contribution in [-0.4, -0.2) is 47.2 Å². The average Bonchev–Trinajstić information content (AvgIpc) is 3.20. The fraction of sp³-hybridized carbons (Fsp3) is 0.300. The van der Waals surface area contributed by atoms with E-state index in [-0.39, 0.29) is 25.0 Å². The van der Waals surface area contributed by atoms with Crippen molar-refractivity contribution in [2.45, 2.75) is 25.0 Å². The summed E-state index contributed by atoms with van der Waals surface area (Å²) in [6, 6.07) is 10.5. The minimum absolute atomic E-state index is 0.0666. The molecule has 29 heavy (non-hydrogen) atoms. The van der Waals surface area contributed by atoms with E-state index in [1.807, 2.05) is 6.07 Å². The molecule has 0 atom stereocenters. The van der Waals surface area contributed by atoms with Gasteiger partial charge >= 0.3 is 5.97 Å². The quantitative estimate of drug-likeness (QED) is 0.419. The molecule has 0 bridgehead atoms. The Morgan fingerprint density at radius 1 is 1.10 bits per heavy atom. The van der Waals surface area contributed by atoms with E-state index < -0.39 is 0 Å². The molecule has 0 unspecified atom stereocenters. The number of ether oxygens (including phenoxy) is 4. The van der Waals surface area contributed by atoms with E-state index >= 15 is 0 Å². The highest BCUT2D eigenvalue weighted by Gasteiger charge is 2.34. The van der Waals surface area contributed by atoms with Crippen LogP contribution in [0.1, 0.15) is 23.2 Å². The number of carbonyl (C=O) groups is 1. The molecule has 1 fully saturated rings. The molecule has 0 amide bonds. The molecule has 2 heterocycles. The van der Waals surface area contributed by atoms with Crippen molar-refractivity contribution in [1.82, 2.24) is 15.1 Å². The number of esters is 1. The zero-order chi connectivity index (χ0) is 20.1. The Morgan fingerprint density at radius 3 is 2.66 bits per heavy atom. The van der Waals surface area contributed by atoms with Crippen molar-refractivity contribution < 1.29 is 28.3 Å². The maximum Gasteiger partial charge on any atom is 0.338 e. The van der Waals surface area contributed by atoms with Gasteiger partial charge in [0.05, 0.1) is 24.0 Å². The van der Waals surface area contributed by atoms with Gasteiger partial charge in [-0.3, -0.25) is 0 Å². The second kappa shape index (κ2) is 8.70. The summed E-state index contributed by atoms with van der Waals surface area (Å²) in [5.74, 6) is 0.794. The van der Waals surface area contributed by atoms with Crippen LogP contribution in [0.25, 0.3) is 11.5 Å². The summed E-state index contributed by atoms with van der Waals surface area (Å²) >= 11 is 0. The number of carbonyl (C=O) groups excluding carboxylic acids is 1. The smallest absolute Gasteiger partial charge is 0.338 e. The normalized spacial score (nSPS) is 18.0. The maximum absolute atomic E-state index is 12.0. The molecule has 150 valence electrons. The summed E-state index contributed by atoms with van der Waals surface area (Å²) in [5, 5.41) is 3.76. The summed E-state index contributed by atoms with van der Waals surface area (Å²) < 4.78 is 26.4. The third kappa shape index (κ3) is 4.69. The summed E-state index contributed by atoms with van der Waals surface area (Å²) in [7, 11) is 1.52. The largest absolute Gasteiger partial charge is 0.473 e. The zero-order valence-corrected chi connectivity index (χ0v) is 15.7. The molecule has 1 aliphatic carbocycles. The van der Waals surface area contributed by atoms with Gasteiger partial charge in [-0.2, -0.15) is 0 Å². The second-order valence-electron chi connectivity index (χ2n) is 6.42. The van der Waals surface area contributed by atoms with Crippen molar-refractivity contribution in [3.05, 3.63) is 54.4 Å². The minimum atomic E-state index is -0.320. The standard InChI is InChI=1S/C20H19N3O6/c1-25-12-26-18-9-17(29-23-18)16-10-22-19(11-21-16)27-14-7-15(8-14)28-20(24)13-5-3-2-4-6-13/h2-6,9-11,14-15H,7-8,12H2,1H3. The van der Waals surface area contributed by atoms with Crippen LogP contribution < -0.4 is 9.47 Å². The summed E-state index contributed by atoms with van der Waals surface area (Å²) in [6.45, 7) is 0.0769. The Hall–Kier alpha value is -3.46. The Bertz CT molecular complexity index is 938. The lowest BCUT2D eigenvalue weighted by Crippen LogP contribution is -2.40. The molecule has 4 rings (SSSR count). The van der Waals surface area contributed by atoms with Gasteiger partial charge in [0, 0.05) is 20.0 Å². The maximum atomic E-state index is 12.0. The van der Waals surface area contributed by atoms with Crippen LogP contribution in [0, 0.1) is 0 Å². The SMILES string of the molecule is COCOc1cc(-c2cnc(OC3CC(OC(=O)c4ccccc4)C3)cn2)on1. The van der Waals surface area contributed by atoms with Gasteiger partial charge in [-0.25, -0.2) is 14.8 Å². The van der Waals surface area contributed by atoms with Crippen molar-refractivity contribution in [2.24, 2.45) is 0 Å². The molecule has 0 saturated heterocycles. The molecule has 2 aromatic heterocycles. The van der Waals surface area contributed by atoms with E-state index in [0.717, 1.165) is 0 Å². The Labute approximate surface area is 166 Å². The van der Waals surface area contributed by atoms with Crippen molar-refractivity contribution in [2.75, 3.05) is 13.9 Å². The Morgan fingerprint density at radius 2 is 1.93 bits per heavy atom. The van der Waals surface area contributed by atoms with Crippen LogP contribution in [0.3, 0.4) is 0 Å². The number of hydrogen-bond acceptors (Lipinski definition) is 9. The van der Waals surface area contributed by atoms with Gasteiger partial charge in [0.15, 0.2) is 12.6 Å². The van der Waals surface area contributed by atoms with E-state index in [2.05, 4.69) is 15.1 Å². The van der Waals surface area contributed by atoms with Crippen LogP contribution in [0.5, 0.6) is 11.8 Å². The third-order valence-electron chi connectivity index (χ3n) is 4.32. The topological polar surface area (TPSA) is 106 Å². The molecule has 1 aliphatic rings. The van der Waals surface area contributed by atoms with E-state index in [0.29, 0.717) is 41.6 Å². The van der Waals surface area contributed by atoms with Crippen molar-refractivity contribution in [3.63, 3.8) is 0 Å². The summed E-state index contributed by atoms with van der Waals surface area (Å²) in [4.78, 5) is 20.5. The molecule has 1 saturated carbocycles. The highest BCUT2D eigenvalue weighted by Crippen LogP contribution is 2.29. The van der Waals surface area contributed by atoms with Gasteiger partial charge in [-0.05, 0) is 17.3 Å². The number of nitrogens with zero attached hydrogens (tertiary/aromatic N) is 3. The molecule has 3 aromatic rings. The molecule has 0 N–H and O–H groups in total. The summed E-state index contributed by atoms with van der Waals surface area (Å²) in [5.41, 5.74) is 1.04. The van der Waals surface area contributed by atoms with Gasteiger partial charge in [0.1, 0.15) is 17.9 Å². The number of methoxy groups -OCH3 is 1. The molecular weight excluding hydrogens is 378 g/mol. The van der Waals surface area contributed by atoms with Crippen LogP contribution in [0.15, 0.2) is 53.3 Å². The molecule has 9 nitrogen and oxygen atoms in total. The third-order valence-corrected chi connectivity index (χ3v) is 4.32. The Balaban J connectivity index is 1.25. The van der Waals surface area contributed by atoms with Crippen LogP contribution in [-0.2, 0) is 9.47 Å². The number of benzene rings is 1. The van der Waals surface area contributed by atoms with Crippen LogP contribution in [0.2, 0.25) is 0 Å². The molecule has 1 aromatic carbocycles. The number of hydrogen-bond donors (Lipinski definition) is 0. The van der Waals surface area contributed by atoms with E-state index in [1.165, 1.54) is 19.5 Å². The number of aromatic nitrogens is 3. The lowest BCUT2D eigenvalue weighted by molar-refractivity contribution is -0.0385. The first-order valence-electron chi connectivity index (χ1n) is 9.05. The molecule has 0 radical (unpaired) electrons. The van der Waals surface area contributed by atoms with E-state index in [4.69, 9.17) is 23.5 Å². The first-order valence-corrected chi connectivity index (χ1v) is 9.05. The lowest BCUT2D eigenvalue weighted by atomic mass is 9.92. The predicted octanol–water partition coefficient (Wildman–Crippen LogP) is 2.88. The first kappa shape index (κ1) is 18.9. The fourth-order valence-corrected chi connectivity index (χ4v) is 2.75. The van der Waals surface area contributed by atoms with Crippen molar-refractivity contribution in [1.29, 1.82) is 0 Å². The van der Waals surface area contributed by atoms with Crippen LogP contribution >= 0.6 is 0 Å². The average molecular weight is 397 g/mol. The van der Waals surface area contributed by atoms with E-state index in [1.54, 1.807) is 30.3 Å². The molecular formula is C20H19N3O6. The van der Waals surface area contributed by atoms with Gasteiger partial charge in [0.2, 0.25) is 5.88 Å². The predicted molar refractivity (Wildman–Crippen MR) is 99.3 cm³/mol. The van der Waals surface area contributed by atoms with Gasteiger partial charge in [-0.15, -0.1) is 0 Å². The fourth-order valence-electron chi connectivity index (χ4n) is 2.75. The second-order valence-corrected chi connectivity index (χ2v) is 6.42. The monoisotopic (exact) mass is 397 g/mol. The van der Waals surface area contributed by atoms with Crippen molar-refractivity contribution in [3.8, 4) is 23.2 Å². The lowest BCUT2D eigenvalue weighted by Gasteiger charge is -2.34. The highest BCUT2D eigenvalue weighted by molar-refractivity contribution is 5.89. The van der Waals surface area contributed by atoms with Gasteiger partial charge < -0.3 is 23.5 Å². The van der Waals surface area contributed by atoms with Crippen molar-refractivity contribution >= 4 is 5.97 Å². The summed E-state index contributed by atoms with van der Waals surface area (Å²) in [6.07, 6.45) is 4.05. The van der Waals surface area contributed by atoms with Gasteiger partial charge in [0.25, 0.3) is 5.88 Å². The number of rotatable bonds is 8. The molecule has 0 spiro atoms. The van der Waals surface area contributed by atoms with Gasteiger partial charge in [-0.1, -0.05) is 18.2 Å². The highest BCUT2D eigenvalue weighted by atomic mass is 16.7. The molecule has 0 aliphatic heterocycles. The minimum Gasteiger partial charge on any atom is -0.473 e. The Kier molecular flexibility index (Phi) is 5.66. The van der Waals surface area contributed by atoms with E-state index in [9.17, 15) is 4.79 Å². The van der Waals surface area contributed by atoms with Crippen LogP contribution in [0.4, 0.5) is 0 Å². The molecule has 9 heteroatoms. The first-order chi connectivity index (χ1) is 14.2. The zero-order valence-electron chi connectivity index (χ0n) is 15.7.